The molecule has 47 heavy (non-hydrogen) atoms. The van der Waals surface area contributed by atoms with Crippen LogP contribution in [0.5, 0.6) is 11.5 Å². The van der Waals surface area contributed by atoms with Crippen LogP contribution in [0.15, 0.2) is 73.1 Å². The minimum absolute atomic E-state index is 0. The van der Waals surface area contributed by atoms with Crippen LogP contribution in [0.2, 0.25) is 0 Å². The van der Waals surface area contributed by atoms with Crippen LogP contribution in [0.25, 0.3) is 0 Å². The summed E-state index contributed by atoms with van der Waals surface area (Å²) in [4.78, 5) is 8.45. The van der Waals surface area contributed by atoms with Crippen LogP contribution < -0.4 is 20.8 Å². The molecule has 0 spiro atoms. The molecule has 0 unspecified atom stereocenters. The van der Waals surface area contributed by atoms with E-state index in [1.165, 1.54) is 0 Å². The van der Waals surface area contributed by atoms with Gasteiger partial charge in [0.25, 0.3) is 0 Å². The van der Waals surface area contributed by atoms with Gasteiger partial charge in [-0.3, -0.25) is 9.97 Å². The number of halogens is 10. The van der Waals surface area contributed by atoms with Gasteiger partial charge in [-0.2, -0.15) is 0 Å². The summed E-state index contributed by atoms with van der Waals surface area (Å²) in [7, 11) is 0. The third-order valence-electron chi connectivity index (χ3n) is 4.87. The van der Waals surface area contributed by atoms with Gasteiger partial charge < -0.3 is 26.3 Å². The maximum atomic E-state index is 11.9. The predicted molar refractivity (Wildman–Crippen MR) is 226 cm³/mol. The van der Waals surface area contributed by atoms with Crippen LogP contribution in [-0.2, 0) is 45.7 Å². The molecule has 4 aromatic rings. The van der Waals surface area contributed by atoms with Crippen LogP contribution in [0, 0.1) is 14.3 Å². The van der Waals surface area contributed by atoms with E-state index in [4.69, 9.17) is 69.6 Å². The van der Waals surface area contributed by atoms with Crippen molar-refractivity contribution in [1.29, 1.82) is 0 Å². The van der Waals surface area contributed by atoms with Gasteiger partial charge in [-0.15, -0.1) is 69.6 Å². The summed E-state index contributed by atoms with van der Waals surface area (Å²) in [5.41, 5.74) is 3.57. The summed E-state index contributed by atoms with van der Waals surface area (Å²) >= 11 is 37.2. The van der Waals surface area contributed by atoms with Crippen molar-refractivity contribution in [2.45, 2.75) is 26.2 Å². The number of rotatable bonds is 8. The average Bonchev–Trinajstić information content (AvgIpc) is 3.00. The molecule has 0 radical (unpaired) electrons. The summed E-state index contributed by atoms with van der Waals surface area (Å²) in [6.07, 6.45) is 3.54. The zero-order valence-electron chi connectivity index (χ0n) is 24.6. The van der Waals surface area contributed by atoms with Crippen molar-refractivity contribution in [2.24, 2.45) is 0 Å². The van der Waals surface area contributed by atoms with E-state index in [1.54, 1.807) is 12.4 Å². The van der Waals surface area contributed by atoms with Gasteiger partial charge in [0.15, 0.2) is 0 Å². The standard InChI is InChI=1S/2C13H12I2N2O.3CH2Cl2.H2O.Zn/c2*14-10-5-9(13(18)12(15)6-10)7-16-8-11-3-1-2-4-17-11;3*2-1-3;;/h2*1-6,16,18H,7-8H2;3*1H2;1H2;/q;;;;;;+2/p-2. The molecular weight excluding hydrogens is 1240 g/mol. The summed E-state index contributed by atoms with van der Waals surface area (Å²) in [6.45, 7) is 2.48. The number of hydrogen-bond acceptors (Lipinski definition) is 6. The van der Waals surface area contributed by atoms with Gasteiger partial charge in [0.1, 0.15) is 0 Å². The van der Waals surface area contributed by atoms with Crippen molar-refractivity contribution in [3.05, 3.63) is 110 Å². The third-order valence-corrected chi connectivity index (χ3v) is 7.71. The summed E-state index contributed by atoms with van der Waals surface area (Å²) < 4.78 is 3.72. The van der Waals surface area contributed by atoms with Crippen molar-refractivity contribution in [3.8, 4) is 11.5 Å². The van der Waals surface area contributed by atoms with Crippen LogP contribution in [0.1, 0.15) is 22.5 Å². The molecule has 0 saturated carbocycles. The molecule has 0 aliphatic carbocycles. The molecule has 2 aromatic carbocycles. The Labute approximate surface area is 374 Å². The van der Waals surface area contributed by atoms with Gasteiger partial charge >= 0.3 is 19.5 Å². The Hall–Kier alpha value is 1.50. The molecule has 0 amide bonds. The van der Waals surface area contributed by atoms with Gasteiger partial charge in [0.05, 0.1) is 27.4 Å². The first-order valence-electron chi connectivity index (χ1n) is 12.4. The SMILES string of the molecule is ClCCl.ClCCl.ClCCl.O.[O-]c1c(I)cc(I)cc1CNCc1ccccn1.[O-]c1c(I)cc(I)cc1CNCc1ccccn1.[Zn+2]. The fourth-order valence-corrected chi connectivity index (χ4v) is 7.08. The van der Waals surface area contributed by atoms with E-state index in [-0.39, 0.29) is 52.5 Å². The first-order chi connectivity index (χ1) is 21.6. The van der Waals surface area contributed by atoms with E-state index >= 15 is 0 Å². The topological polar surface area (TPSA) is 127 Å². The van der Waals surface area contributed by atoms with Gasteiger partial charge in [0, 0.05) is 52.9 Å². The van der Waals surface area contributed by atoms with E-state index in [9.17, 15) is 10.2 Å². The van der Waals surface area contributed by atoms with Crippen molar-refractivity contribution >= 4 is 160 Å². The van der Waals surface area contributed by atoms with Crippen LogP contribution in [0.3, 0.4) is 0 Å². The molecule has 7 nitrogen and oxygen atoms in total. The maximum Gasteiger partial charge on any atom is 2.00 e. The molecule has 18 heteroatoms. The van der Waals surface area contributed by atoms with Crippen molar-refractivity contribution in [1.82, 2.24) is 20.6 Å². The molecule has 0 aliphatic rings. The fraction of sp³-hybridized carbons (Fsp3) is 0.241. The fourth-order valence-electron chi connectivity index (χ4n) is 3.15. The Bertz CT molecular complexity index is 1240. The monoisotopic (exact) mass is 1260 g/mol. The van der Waals surface area contributed by atoms with E-state index in [0.717, 1.165) is 36.8 Å². The second kappa shape index (κ2) is 34.6. The maximum absolute atomic E-state index is 11.9. The minimum atomic E-state index is 0. The molecule has 0 atom stereocenters. The largest absolute Gasteiger partial charge is 2.00 e. The van der Waals surface area contributed by atoms with Gasteiger partial charge in [-0.05, 0) is 150 Å². The molecular formula is C29H30Cl6I4N4O3Zn. The number of benzene rings is 2. The number of pyridine rings is 2. The van der Waals surface area contributed by atoms with E-state index in [2.05, 4.69) is 111 Å². The number of nitrogens with one attached hydrogen (secondary N) is 2. The van der Waals surface area contributed by atoms with Crippen LogP contribution in [0.4, 0.5) is 0 Å². The Morgan fingerprint density at radius 2 is 0.872 bits per heavy atom. The second-order valence-electron chi connectivity index (χ2n) is 7.90. The Balaban J connectivity index is -0.000000637. The van der Waals surface area contributed by atoms with E-state index in [1.807, 2.05) is 60.7 Å². The van der Waals surface area contributed by atoms with E-state index in [0.29, 0.717) is 26.2 Å². The molecule has 0 fully saturated rings. The molecule has 4 N–H and O–H groups in total. The summed E-state index contributed by atoms with van der Waals surface area (Å²) in [5.74, 6) is 0.231. The van der Waals surface area contributed by atoms with Crippen molar-refractivity contribution in [3.63, 3.8) is 0 Å². The van der Waals surface area contributed by atoms with Crippen molar-refractivity contribution in [2.75, 3.05) is 16.0 Å². The van der Waals surface area contributed by atoms with Crippen LogP contribution in [-0.4, -0.2) is 31.5 Å². The predicted octanol–water partition coefficient (Wildman–Crippen LogP) is 8.75. The smallest absolute Gasteiger partial charge is 0.872 e. The number of hydrogen-bond donors (Lipinski definition) is 2. The van der Waals surface area contributed by atoms with Crippen molar-refractivity contribution < 1.29 is 35.2 Å². The quantitative estimate of drug-likeness (QED) is 0.103. The second-order valence-corrected chi connectivity index (χ2v) is 15.1. The Morgan fingerprint density at radius 1 is 0.553 bits per heavy atom. The minimum Gasteiger partial charge on any atom is -0.872 e. The molecule has 2 heterocycles. The normalized spacial score (nSPS) is 9.23. The Kier molecular flexibility index (Phi) is 38.9. The summed E-state index contributed by atoms with van der Waals surface area (Å²) in [6, 6.07) is 19.3. The first-order valence-corrected chi connectivity index (χ1v) is 20.0. The average molecular weight is 1270 g/mol. The van der Waals surface area contributed by atoms with Gasteiger partial charge in [-0.1, -0.05) is 23.6 Å². The zero-order valence-corrected chi connectivity index (χ0v) is 40.7. The molecule has 256 valence electrons. The van der Waals surface area contributed by atoms with E-state index < -0.39 is 0 Å². The van der Waals surface area contributed by atoms with Crippen LogP contribution >= 0.6 is 160 Å². The third kappa shape index (κ3) is 26.0. The molecule has 2 aromatic heterocycles. The number of aromatic nitrogens is 2. The molecule has 4 rings (SSSR count). The first kappa shape index (κ1) is 52.9. The number of nitrogens with zero attached hydrogens (tertiary/aromatic N) is 2. The molecule has 0 bridgehead atoms. The molecule has 0 aliphatic heterocycles. The molecule has 0 saturated heterocycles. The van der Waals surface area contributed by atoms with Gasteiger partial charge in [0.2, 0.25) is 0 Å². The zero-order chi connectivity index (χ0) is 34.0. The summed E-state index contributed by atoms with van der Waals surface area (Å²) in [5, 5.41) is 30.9. The van der Waals surface area contributed by atoms with Gasteiger partial charge in [-0.25, -0.2) is 0 Å². The Morgan fingerprint density at radius 3 is 1.15 bits per heavy atom. The number of alkyl halides is 6.